The molecule has 0 bridgehead atoms. The molecule has 0 saturated heterocycles. The normalized spacial score (nSPS) is 14.7. The van der Waals surface area contributed by atoms with Crippen molar-refractivity contribution in [1.29, 1.82) is 0 Å². The van der Waals surface area contributed by atoms with Gasteiger partial charge < -0.3 is 0 Å². The Labute approximate surface area is 146 Å². The van der Waals surface area contributed by atoms with Crippen LogP contribution in [0.2, 0.25) is 0 Å². The largest absolute Gasteiger partial charge is 0.273 e. The molecule has 3 rings (SSSR count). The number of rotatable bonds is 4. The van der Waals surface area contributed by atoms with Crippen LogP contribution in [0.25, 0.3) is 5.57 Å². The quantitative estimate of drug-likeness (QED) is 0.793. The monoisotopic (exact) mass is 339 g/mol. The number of carbonyl (C=O) groups is 2. The first-order chi connectivity index (χ1) is 11.5. The fourth-order valence-electron chi connectivity index (χ4n) is 2.96. The smallest absolute Gasteiger partial charge is 0.273 e. The standard InChI is InChI=1S/C20H18ClNO2/c1-13-8-9-16(14(2)12-13)17-18(21)20(24)22(19(17)23)11-10-15-6-4-3-5-7-15/h3-9,12H,10-11H2,1-2H3. The second kappa shape index (κ2) is 6.62. The second-order valence-electron chi connectivity index (χ2n) is 6.00. The summed E-state index contributed by atoms with van der Waals surface area (Å²) in [6, 6.07) is 15.5. The van der Waals surface area contributed by atoms with Crippen LogP contribution in [0.15, 0.2) is 53.6 Å². The van der Waals surface area contributed by atoms with E-state index in [2.05, 4.69) is 0 Å². The predicted octanol–water partition coefficient (Wildman–Crippen LogP) is 3.86. The van der Waals surface area contributed by atoms with E-state index < -0.39 is 5.91 Å². The SMILES string of the molecule is Cc1ccc(C2=C(Cl)C(=O)N(CCc3ccccc3)C2=O)c(C)c1. The minimum Gasteiger partial charge on any atom is -0.273 e. The van der Waals surface area contributed by atoms with Gasteiger partial charge in [0, 0.05) is 6.54 Å². The van der Waals surface area contributed by atoms with Gasteiger partial charge in [0.1, 0.15) is 5.03 Å². The van der Waals surface area contributed by atoms with Crippen molar-refractivity contribution in [2.24, 2.45) is 0 Å². The predicted molar refractivity (Wildman–Crippen MR) is 95.6 cm³/mol. The Balaban J connectivity index is 1.85. The lowest BCUT2D eigenvalue weighted by molar-refractivity contribution is -0.136. The van der Waals surface area contributed by atoms with Gasteiger partial charge in [-0.25, -0.2) is 0 Å². The van der Waals surface area contributed by atoms with Gasteiger partial charge in [-0.3, -0.25) is 14.5 Å². The minimum atomic E-state index is -0.410. The Morgan fingerprint density at radius 1 is 0.958 bits per heavy atom. The van der Waals surface area contributed by atoms with Gasteiger partial charge in [0.25, 0.3) is 11.8 Å². The minimum absolute atomic E-state index is 0.0139. The third-order valence-corrected chi connectivity index (χ3v) is 4.58. The van der Waals surface area contributed by atoms with E-state index in [1.807, 2.05) is 62.4 Å². The van der Waals surface area contributed by atoms with E-state index in [1.54, 1.807) is 0 Å². The van der Waals surface area contributed by atoms with Crippen LogP contribution in [0.5, 0.6) is 0 Å². The van der Waals surface area contributed by atoms with E-state index in [-0.39, 0.29) is 10.9 Å². The molecule has 0 unspecified atom stereocenters. The van der Waals surface area contributed by atoms with E-state index in [4.69, 9.17) is 11.6 Å². The van der Waals surface area contributed by atoms with Gasteiger partial charge in [0.15, 0.2) is 0 Å². The molecule has 2 amide bonds. The first-order valence-electron chi connectivity index (χ1n) is 7.86. The van der Waals surface area contributed by atoms with E-state index >= 15 is 0 Å². The number of nitrogens with zero attached hydrogens (tertiary/aromatic N) is 1. The van der Waals surface area contributed by atoms with Crippen molar-refractivity contribution in [3.8, 4) is 0 Å². The van der Waals surface area contributed by atoms with Crippen LogP contribution in [-0.2, 0) is 16.0 Å². The van der Waals surface area contributed by atoms with Crippen molar-refractivity contribution in [1.82, 2.24) is 4.90 Å². The summed E-state index contributed by atoms with van der Waals surface area (Å²) < 4.78 is 0. The number of hydrogen-bond donors (Lipinski definition) is 0. The number of benzene rings is 2. The van der Waals surface area contributed by atoms with Crippen molar-refractivity contribution in [2.75, 3.05) is 6.54 Å². The lowest BCUT2D eigenvalue weighted by Crippen LogP contribution is -2.33. The van der Waals surface area contributed by atoms with Gasteiger partial charge in [-0.05, 0) is 37.0 Å². The fourth-order valence-corrected chi connectivity index (χ4v) is 3.25. The third-order valence-electron chi connectivity index (χ3n) is 4.23. The topological polar surface area (TPSA) is 37.4 Å². The van der Waals surface area contributed by atoms with Crippen molar-refractivity contribution in [3.05, 3.63) is 75.8 Å². The molecule has 4 heteroatoms. The molecule has 1 aliphatic rings. The molecule has 0 N–H and O–H groups in total. The number of hydrogen-bond acceptors (Lipinski definition) is 2. The van der Waals surface area contributed by atoms with Gasteiger partial charge >= 0.3 is 0 Å². The highest BCUT2D eigenvalue weighted by molar-refractivity contribution is 6.55. The molecule has 0 fully saturated rings. The van der Waals surface area contributed by atoms with Gasteiger partial charge in [-0.1, -0.05) is 65.7 Å². The van der Waals surface area contributed by atoms with Gasteiger partial charge in [-0.2, -0.15) is 0 Å². The van der Waals surface area contributed by atoms with Gasteiger partial charge in [-0.15, -0.1) is 0 Å². The van der Waals surface area contributed by atoms with Crippen LogP contribution in [-0.4, -0.2) is 23.3 Å². The van der Waals surface area contributed by atoms with Crippen LogP contribution >= 0.6 is 11.6 Å². The second-order valence-corrected chi connectivity index (χ2v) is 6.38. The Morgan fingerprint density at radius 3 is 2.33 bits per heavy atom. The molecular weight excluding hydrogens is 322 g/mol. The summed E-state index contributed by atoms with van der Waals surface area (Å²) >= 11 is 6.21. The highest BCUT2D eigenvalue weighted by Crippen LogP contribution is 2.33. The van der Waals surface area contributed by atoms with Gasteiger partial charge in [0.05, 0.1) is 5.57 Å². The molecule has 0 spiro atoms. The molecule has 2 aromatic rings. The molecule has 0 saturated carbocycles. The molecule has 24 heavy (non-hydrogen) atoms. The van der Waals surface area contributed by atoms with Crippen molar-refractivity contribution in [2.45, 2.75) is 20.3 Å². The molecule has 122 valence electrons. The molecule has 0 aliphatic carbocycles. The van der Waals surface area contributed by atoms with E-state index in [9.17, 15) is 9.59 Å². The Kier molecular flexibility index (Phi) is 4.54. The summed E-state index contributed by atoms with van der Waals surface area (Å²) in [5.74, 6) is -0.722. The summed E-state index contributed by atoms with van der Waals surface area (Å²) in [7, 11) is 0. The average Bonchev–Trinajstić information content (AvgIpc) is 2.77. The first kappa shape index (κ1) is 16.5. The number of carbonyl (C=O) groups excluding carboxylic acids is 2. The van der Waals surface area contributed by atoms with Crippen molar-refractivity contribution < 1.29 is 9.59 Å². The zero-order chi connectivity index (χ0) is 17.3. The molecule has 2 aromatic carbocycles. The number of halogens is 1. The maximum Gasteiger partial charge on any atom is 0.273 e. The van der Waals surface area contributed by atoms with Crippen molar-refractivity contribution >= 4 is 29.0 Å². The van der Waals surface area contributed by atoms with Gasteiger partial charge in [0.2, 0.25) is 0 Å². The lowest BCUT2D eigenvalue weighted by Gasteiger charge is -2.15. The molecule has 0 radical (unpaired) electrons. The van der Waals surface area contributed by atoms with Crippen LogP contribution in [0.1, 0.15) is 22.3 Å². The van der Waals surface area contributed by atoms with E-state index in [1.165, 1.54) is 4.90 Å². The average molecular weight is 340 g/mol. The molecule has 0 aromatic heterocycles. The molecule has 1 aliphatic heterocycles. The van der Waals surface area contributed by atoms with Crippen molar-refractivity contribution in [3.63, 3.8) is 0 Å². The van der Waals surface area contributed by atoms with Crippen LogP contribution in [0.3, 0.4) is 0 Å². The maximum atomic E-state index is 12.7. The summed E-state index contributed by atoms with van der Waals surface area (Å²) in [5.41, 5.74) is 4.16. The zero-order valence-electron chi connectivity index (χ0n) is 13.7. The molecule has 3 nitrogen and oxygen atoms in total. The number of amides is 2. The fraction of sp³-hybridized carbons (Fsp3) is 0.200. The molecule has 0 atom stereocenters. The highest BCUT2D eigenvalue weighted by atomic mass is 35.5. The van der Waals surface area contributed by atoms with Crippen LogP contribution in [0, 0.1) is 13.8 Å². The summed E-state index contributed by atoms with van der Waals surface area (Å²) in [6.45, 7) is 4.23. The summed E-state index contributed by atoms with van der Waals surface area (Å²) in [4.78, 5) is 26.4. The Bertz CT molecular complexity index is 840. The Hall–Kier alpha value is -2.39. The zero-order valence-corrected chi connectivity index (χ0v) is 14.4. The summed E-state index contributed by atoms with van der Waals surface area (Å²) in [5, 5.41) is 0.0139. The molecular formula is C20H18ClNO2. The van der Waals surface area contributed by atoms with E-state index in [0.29, 0.717) is 18.5 Å². The maximum absolute atomic E-state index is 12.7. The highest BCUT2D eigenvalue weighted by Gasteiger charge is 2.38. The first-order valence-corrected chi connectivity index (χ1v) is 8.24. The van der Waals surface area contributed by atoms with E-state index in [0.717, 1.165) is 22.3 Å². The third kappa shape index (κ3) is 3.00. The summed E-state index contributed by atoms with van der Waals surface area (Å²) in [6.07, 6.45) is 0.614. The molecule has 1 heterocycles. The Morgan fingerprint density at radius 2 is 1.67 bits per heavy atom. The van der Waals surface area contributed by atoms with Crippen LogP contribution < -0.4 is 0 Å². The number of aryl methyl sites for hydroxylation is 2. The lowest BCUT2D eigenvalue weighted by atomic mass is 9.99. The number of imide groups is 1. The van der Waals surface area contributed by atoms with Crippen LogP contribution in [0.4, 0.5) is 0 Å².